The van der Waals surface area contributed by atoms with E-state index in [-0.39, 0.29) is 5.91 Å². The van der Waals surface area contributed by atoms with Crippen LogP contribution in [0.3, 0.4) is 0 Å². The number of ether oxygens (including phenoxy) is 1. The Morgan fingerprint density at radius 2 is 2.32 bits per heavy atom. The van der Waals surface area contributed by atoms with Gasteiger partial charge in [-0.1, -0.05) is 0 Å². The summed E-state index contributed by atoms with van der Waals surface area (Å²) in [5.74, 6) is 0.413. The van der Waals surface area contributed by atoms with Crippen LogP contribution in [0.4, 0.5) is 0 Å². The van der Waals surface area contributed by atoms with Crippen molar-refractivity contribution >= 4 is 46.0 Å². The largest absolute Gasteiger partial charge is 0.496 e. The number of carbonyl (C=O) groups excluding carboxylic acids is 1. The van der Waals surface area contributed by atoms with Crippen molar-refractivity contribution in [2.24, 2.45) is 5.10 Å². The fraction of sp³-hybridized carbons (Fsp3) is 0.0769. The maximum atomic E-state index is 11.9. The first-order valence-electron chi connectivity index (χ1n) is 5.40. The molecule has 0 aliphatic carbocycles. The molecule has 2 aromatic rings. The minimum Gasteiger partial charge on any atom is -0.496 e. The van der Waals surface area contributed by atoms with E-state index >= 15 is 0 Å². The number of hydrogen-bond donors (Lipinski definition) is 1. The molecular formula is C13H11IN2O2S. The van der Waals surface area contributed by atoms with Crippen molar-refractivity contribution in [1.29, 1.82) is 0 Å². The molecule has 1 aromatic heterocycles. The number of thiophene rings is 1. The maximum absolute atomic E-state index is 11.9. The molecule has 0 atom stereocenters. The molecule has 19 heavy (non-hydrogen) atoms. The van der Waals surface area contributed by atoms with E-state index in [1.807, 2.05) is 22.9 Å². The average Bonchev–Trinajstić information content (AvgIpc) is 2.92. The first kappa shape index (κ1) is 14.0. The molecule has 0 saturated heterocycles. The summed E-state index contributed by atoms with van der Waals surface area (Å²) >= 11 is 3.73. The van der Waals surface area contributed by atoms with Crippen molar-refractivity contribution in [2.75, 3.05) is 7.11 Å². The van der Waals surface area contributed by atoms with Crippen LogP contribution in [0.2, 0.25) is 0 Å². The Bertz CT molecular complexity index is 597. The molecule has 0 unspecified atom stereocenters. The minimum absolute atomic E-state index is 0.263. The molecule has 1 N–H and O–H groups in total. The van der Waals surface area contributed by atoms with Gasteiger partial charge >= 0.3 is 0 Å². The zero-order chi connectivity index (χ0) is 13.7. The Labute approximate surface area is 128 Å². The van der Waals surface area contributed by atoms with E-state index in [1.54, 1.807) is 36.8 Å². The van der Waals surface area contributed by atoms with Crippen LogP contribution >= 0.6 is 33.9 Å². The monoisotopic (exact) mass is 386 g/mol. The molecule has 0 radical (unpaired) electrons. The third-order valence-electron chi connectivity index (χ3n) is 2.34. The summed E-state index contributed by atoms with van der Waals surface area (Å²) in [6, 6.07) is 7.18. The lowest BCUT2D eigenvalue weighted by Gasteiger charge is -2.05. The highest BCUT2D eigenvalue weighted by molar-refractivity contribution is 14.1. The molecule has 1 amide bonds. The summed E-state index contributed by atoms with van der Waals surface area (Å²) in [7, 11) is 1.58. The summed E-state index contributed by atoms with van der Waals surface area (Å²) in [5, 5.41) is 7.81. The zero-order valence-corrected chi connectivity index (χ0v) is 13.1. The van der Waals surface area contributed by atoms with Crippen molar-refractivity contribution in [3.05, 3.63) is 49.7 Å². The highest BCUT2D eigenvalue weighted by Gasteiger charge is 2.07. The van der Waals surface area contributed by atoms with Gasteiger partial charge in [-0.3, -0.25) is 4.79 Å². The first-order chi connectivity index (χ1) is 9.20. The molecule has 1 heterocycles. The van der Waals surface area contributed by atoms with Crippen molar-refractivity contribution in [3.8, 4) is 5.75 Å². The summed E-state index contributed by atoms with van der Waals surface area (Å²) in [4.78, 5) is 11.9. The van der Waals surface area contributed by atoms with Crippen molar-refractivity contribution in [3.63, 3.8) is 0 Å². The van der Waals surface area contributed by atoms with E-state index in [1.165, 1.54) is 0 Å². The molecule has 6 heteroatoms. The number of halogens is 1. The smallest absolute Gasteiger partial charge is 0.271 e. The van der Waals surface area contributed by atoms with Gasteiger partial charge in [-0.05, 0) is 57.6 Å². The van der Waals surface area contributed by atoms with Crippen LogP contribution in [-0.4, -0.2) is 19.2 Å². The Hall–Kier alpha value is -1.41. The lowest BCUT2D eigenvalue weighted by molar-refractivity contribution is 0.0955. The number of benzene rings is 1. The number of hydrogen-bond acceptors (Lipinski definition) is 4. The summed E-state index contributed by atoms with van der Waals surface area (Å²) in [6.45, 7) is 0. The molecule has 0 spiro atoms. The van der Waals surface area contributed by atoms with E-state index in [0.29, 0.717) is 11.3 Å². The molecule has 2 rings (SSSR count). The third kappa shape index (κ3) is 3.77. The molecule has 0 fully saturated rings. The first-order valence-corrected chi connectivity index (χ1v) is 7.42. The van der Waals surface area contributed by atoms with Gasteiger partial charge in [-0.2, -0.15) is 16.4 Å². The lowest BCUT2D eigenvalue weighted by Crippen LogP contribution is -2.17. The second-order valence-electron chi connectivity index (χ2n) is 3.61. The van der Waals surface area contributed by atoms with Crippen LogP contribution in [-0.2, 0) is 0 Å². The van der Waals surface area contributed by atoms with Crippen LogP contribution < -0.4 is 10.2 Å². The zero-order valence-electron chi connectivity index (χ0n) is 10.1. The van der Waals surface area contributed by atoms with Gasteiger partial charge in [0.25, 0.3) is 5.91 Å². The number of amides is 1. The number of carbonyl (C=O) groups is 1. The molecular weight excluding hydrogens is 375 g/mol. The van der Waals surface area contributed by atoms with Gasteiger partial charge in [0.15, 0.2) is 0 Å². The Balaban J connectivity index is 2.04. The van der Waals surface area contributed by atoms with Crippen LogP contribution in [0.1, 0.15) is 15.9 Å². The van der Waals surface area contributed by atoms with E-state index in [9.17, 15) is 4.79 Å². The van der Waals surface area contributed by atoms with E-state index < -0.39 is 0 Å². The topological polar surface area (TPSA) is 50.7 Å². The van der Waals surface area contributed by atoms with Crippen molar-refractivity contribution in [2.45, 2.75) is 0 Å². The van der Waals surface area contributed by atoms with E-state index in [2.05, 4.69) is 33.1 Å². The SMILES string of the molecule is COc1cc(C(=O)NN=Cc2ccsc2)ccc1I. The molecule has 0 saturated carbocycles. The van der Waals surface area contributed by atoms with Gasteiger partial charge in [-0.25, -0.2) is 5.43 Å². The lowest BCUT2D eigenvalue weighted by atomic mass is 10.2. The van der Waals surface area contributed by atoms with Gasteiger partial charge in [0.1, 0.15) is 5.75 Å². The summed E-state index contributed by atoms with van der Waals surface area (Å²) in [6.07, 6.45) is 1.61. The van der Waals surface area contributed by atoms with Gasteiger partial charge in [-0.15, -0.1) is 0 Å². The van der Waals surface area contributed by atoms with Gasteiger partial charge in [0, 0.05) is 11.1 Å². The van der Waals surface area contributed by atoms with Gasteiger partial charge in [0.05, 0.1) is 16.9 Å². The Morgan fingerprint density at radius 1 is 1.47 bits per heavy atom. The molecule has 98 valence electrons. The molecule has 0 aliphatic heterocycles. The standard InChI is InChI=1S/C13H11IN2O2S/c1-18-12-6-10(2-3-11(12)14)13(17)16-15-7-9-4-5-19-8-9/h2-8H,1H3,(H,16,17). The number of rotatable bonds is 4. The highest BCUT2D eigenvalue weighted by atomic mass is 127. The van der Waals surface area contributed by atoms with Crippen LogP contribution in [0.15, 0.2) is 40.1 Å². The van der Waals surface area contributed by atoms with Crippen LogP contribution in [0, 0.1) is 3.57 Å². The predicted octanol–water partition coefficient (Wildman–Crippen LogP) is 3.13. The quantitative estimate of drug-likeness (QED) is 0.499. The average molecular weight is 386 g/mol. The molecule has 0 bridgehead atoms. The predicted molar refractivity (Wildman–Crippen MR) is 85.1 cm³/mol. The van der Waals surface area contributed by atoms with Gasteiger partial charge in [0.2, 0.25) is 0 Å². The normalized spacial score (nSPS) is 10.6. The summed E-state index contributed by atoms with van der Waals surface area (Å²) < 4.78 is 6.13. The third-order valence-corrected chi connectivity index (χ3v) is 3.93. The second-order valence-corrected chi connectivity index (χ2v) is 5.55. The van der Waals surface area contributed by atoms with Crippen LogP contribution in [0.5, 0.6) is 5.75 Å². The maximum Gasteiger partial charge on any atom is 0.271 e. The van der Waals surface area contributed by atoms with E-state index in [0.717, 1.165) is 9.13 Å². The number of methoxy groups -OCH3 is 1. The molecule has 1 aromatic carbocycles. The second kappa shape index (κ2) is 6.67. The van der Waals surface area contributed by atoms with Gasteiger partial charge < -0.3 is 4.74 Å². The minimum atomic E-state index is -0.263. The Morgan fingerprint density at radius 3 is 3.00 bits per heavy atom. The number of nitrogens with one attached hydrogen (secondary N) is 1. The number of nitrogens with zero attached hydrogens (tertiary/aromatic N) is 1. The van der Waals surface area contributed by atoms with Crippen molar-refractivity contribution < 1.29 is 9.53 Å². The van der Waals surface area contributed by atoms with Crippen LogP contribution in [0.25, 0.3) is 0 Å². The Kier molecular flexibility index (Phi) is 4.92. The van der Waals surface area contributed by atoms with Crippen molar-refractivity contribution in [1.82, 2.24) is 5.43 Å². The fourth-order valence-corrected chi connectivity index (χ4v) is 2.55. The van der Waals surface area contributed by atoms with E-state index in [4.69, 9.17) is 4.74 Å². The molecule has 4 nitrogen and oxygen atoms in total. The highest BCUT2D eigenvalue weighted by Crippen LogP contribution is 2.21. The summed E-state index contributed by atoms with van der Waals surface area (Å²) in [5.41, 5.74) is 3.96. The molecule has 0 aliphatic rings. The fourth-order valence-electron chi connectivity index (χ4n) is 1.38. The number of hydrazone groups is 1.